The molecule has 1 unspecified atom stereocenters. The minimum absolute atomic E-state index is 0.0828. The monoisotopic (exact) mass is 428 g/mol. The molecule has 0 spiro atoms. The Hall–Kier alpha value is -3.94. The largest absolute Gasteiger partial charge is 0.467 e. The average molecular weight is 428 g/mol. The fraction of sp³-hybridized carbons (Fsp3) is 0.250. The van der Waals surface area contributed by atoms with Crippen molar-refractivity contribution in [1.29, 1.82) is 5.41 Å². The topological polar surface area (TPSA) is 107 Å². The molecule has 0 amide bonds. The molecule has 8 nitrogen and oxygen atoms in total. The minimum atomic E-state index is -0.617. The first-order valence-corrected chi connectivity index (χ1v) is 10.2. The summed E-state index contributed by atoms with van der Waals surface area (Å²) in [7, 11) is 1.52. The first-order valence-electron chi connectivity index (χ1n) is 10.2. The van der Waals surface area contributed by atoms with E-state index >= 15 is 0 Å². The van der Waals surface area contributed by atoms with Crippen LogP contribution in [-0.2, 0) is 4.79 Å². The first-order chi connectivity index (χ1) is 15.4. The van der Waals surface area contributed by atoms with Gasteiger partial charge in [0.05, 0.1) is 35.8 Å². The lowest BCUT2D eigenvalue weighted by Gasteiger charge is -2.16. The Labute approximate surface area is 185 Å². The number of methoxy groups -OCH3 is 1. The molecule has 0 radical (unpaired) electrons. The summed E-state index contributed by atoms with van der Waals surface area (Å²) in [5.74, 6) is -0.702. The number of carbonyl (C=O) groups is 1. The highest BCUT2D eigenvalue weighted by Gasteiger charge is 2.23. The van der Waals surface area contributed by atoms with Crippen LogP contribution in [-0.4, -0.2) is 43.1 Å². The summed E-state index contributed by atoms with van der Waals surface area (Å²) >= 11 is 0. The summed E-state index contributed by atoms with van der Waals surface area (Å²) in [6.45, 7) is 5.21. The lowest BCUT2D eigenvalue weighted by Crippen LogP contribution is -2.17. The molecule has 0 aromatic carbocycles. The Bertz CT molecular complexity index is 1270. The summed E-state index contributed by atoms with van der Waals surface area (Å²) < 4.78 is 7.16. The van der Waals surface area contributed by atoms with Crippen molar-refractivity contribution in [2.24, 2.45) is 0 Å². The van der Waals surface area contributed by atoms with Crippen LogP contribution < -0.4 is 4.74 Å². The van der Waals surface area contributed by atoms with E-state index in [9.17, 15) is 4.79 Å². The van der Waals surface area contributed by atoms with Gasteiger partial charge in [0.1, 0.15) is 5.78 Å². The van der Waals surface area contributed by atoms with Crippen LogP contribution in [0.5, 0.6) is 6.01 Å². The third-order valence-corrected chi connectivity index (χ3v) is 5.52. The number of ketones is 1. The molecule has 2 atom stereocenters. The standard InChI is InChI=1S/C24H24N6O2/c1-14(25)22(16(3)31)17-9-21-23(27-10-17)19(18-11-28-24(32-4)29-12-18)13-30(21)15(2)20-7-5-6-8-26-20/h5-13,15,22,25H,1-4H3/t15-,22?/m0/s1. The molecule has 8 heteroatoms. The van der Waals surface area contributed by atoms with E-state index in [1.54, 1.807) is 31.7 Å². The molecule has 0 bridgehead atoms. The predicted molar refractivity (Wildman–Crippen MR) is 122 cm³/mol. The number of fused-ring (bicyclic) bond motifs is 1. The molecule has 0 saturated heterocycles. The van der Waals surface area contributed by atoms with Gasteiger partial charge in [-0.05, 0) is 44.5 Å². The maximum Gasteiger partial charge on any atom is 0.316 e. The number of hydrogen-bond donors (Lipinski definition) is 1. The summed E-state index contributed by atoms with van der Waals surface area (Å²) in [4.78, 5) is 29.9. The molecule has 0 aliphatic carbocycles. The Morgan fingerprint density at radius 2 is 1.84 bits per heavy atom. The fourth-order valence-corrected chi connectivity index (χ4v) is 3.95. The predicted octanol–water partition coefficient (Wildman–Crippen LogP) is 4.22. The van der Waals surface area contributed by atoms with E-state index in [1.807, 2.05) is 30.5 Å². The lowest BCUT2D eigenvalue weighted by molar-refractivity contribution is -0.117. The van der Waals surface area contributed by atoms with Crippen LogP contribution in [0.4, 0.5) is 0 Å². The Balaban J connectivity index is 1.93. The molecular weight excluding hydrogens is 404 g/mol. The molecule has 4 heterocycles. The second kappa shape index (κ2) is 8.66. The zero-order chi connectivity index (χ0) is 22.8. The highest BCUT2D eigenvalue weighted by Crippen LogP contribution is 2.34. The summed E-state index contributed by atoms with van der Waals surface area (Å²) in [6.07, 6.45) is 8.85. The van der Waals surface area contributed by atoms with Crippen molar-refractivity contribution in [2.75, 3.05) is 7.11 Å². The van der Waals surface area contributed by atoms with Gasteiger partial charge in [0, 0.05) is 47.8 Å². The zero-order valence-electron chi connectivity index (χ0n) is 18.4. The number of ether oxygens (including phenoxy) is 1. The van der Waals surface area contributed by atoms with Gasteiger partial charge in [-0.1, -0.05) is 6.07 Å². The minimum Gasteiger partial charge on any atom is -0.467 e. The Morgan fingerprint density at radius 1 is 1.09 bits per heavy atom. The molecular formula is C24H24N6O2. The van der Waals surface area contributed by atoms with Gasteiger partial charge in [-0.25, -0.2) is 9.97 Å². The van der Waals surface area contributed by atoms with Gasteiger partial charge >= 0.3 is 6.01 Å². The molecule has 1 N–H and O–H groups in total. The van der Waals surface area contributed by atoms with Gasteiger partial charge in [-0.2, -0.15) is 0 Å². The van der Waals surface area contributed by atoms with Gasteiger partial charge in [-0.15, -0.1) is 0 Å². The highest BCUT2D eigenvalue weighted by molar-refractivity contribution is 6.07. The fourth-order valence-electron chi connectivity index (χ4n) is 3.95. The van der Waals surface area contributed by atoms with Gasteiger partial charge in [0.25, 0.3) is 0 Å². The number of rotatable bonds is 7. The number of aromatic nitrogens is 5. The quantitative estimate of drug-likeness (QED) is 0.442. The molecule has 0 aliphatic rings. The van der Waals surface area contributed by atoms with Crippen molar-refractivity contribution in [3.8, 4) is 17.1 Å². The number of Topliss-reactive ketones (excluding diaryl/α,β-unsaturated/α-hetero) is 1. The van der Waals surface area contributed by atoms with Crippen molar-refractivity contribution < 1.29 is 9.53 Å². The van der Waals surface area contributed by atoms with E-state index in [4.69, 9.17) is 15.1 Å². The number of hydrogen-bond acceptors (Lipinski definition) is 7. The van der Waals surface area contributed by atoms with Crippen LogP contribution in [0.1, 0.15) is 44.0 Å². The van der Waals surface area contributed by atoms with E-state index in [2.05, 4.69) is 26.4 Å². The van der Waals surface area contributed by atoms with Crippen LogP contribution in [0.3, 0.4) is 0 Å². The van der Waals surface area contributed by atoms with E-state index in [1.165, 1.54) is 14.0 Å². The first kappa shape index (κ1) is 21.3. The van der Waals surface area contributed by atoms with Gasteiger partial charge in [0.15, 0.2) is 0 Å². The molecule has 32 heavy (non-hydrogen) atoms. The van der Waals surface area contributed by atoms with Gasteiger partial charge < -0.3 is 14.7 Å². The van der Waals surface area contributed by atoms with Crippen molar-refractivity contribution in [1.82, 2.24) is 24.5 Å². The molecule has 0 aliphatic heterocycles. The highest BCUT2D eigenvalue weighted by atomic mass is 16.5. The van der Waals surface area contributed by atoms with Gasteiger partial charge in [0.2, 0.25) is 0 Å². The maximum absolute atomic E-state index is 12.2. The van der Waals surface area contributed by atoms with Crippen molar-refractivity contribution in [3.05, 3.63) is 66.5 Å². The molecule has 4 aromatic rings. The molecule has 4 aromatic heterocycles. The molecule has 162 valence electrons. The van der Waals surface area contributed by atoms with Crippen LogP contribution in [0.15, 0.2) is 55.2 Å². The van der Waals surface area contributed by atoms with E-state index in [0.29, 0.717) is 17.3 Å². The van der Waals surface area contributed by atoms with Crippen molar-refractivity contribution in [3.63, 3.8) is 0 Å². The maximum atomic E-state index is 12.2. The van der Waals surface area contributed by atoms with Crippen molar-refractivity contribution >= 4 is 22.5 Å². The van der Waals surface area contributed by atoms with Crippen LogP contribution in [0, 0.1) is 5.41 Å². The van der Waals surface area contributed by atoms with Gasteiger partial charge in [-0.3, -0.25) is 14.8 Å². The molecule has 0 fully saturated rings. The third-order valence-electron chi connectivity index (χ3n) is 5.52. The van der Waals surface area contributed by atoms with Crippen LogP contribution in [0.2, 0.25) is 0 Å². The SMILES string of the molecule is COc1ncc(-c2cn([C@@H](C)c3ccccn3)c3cc(C(C(C)=N)C(C)=O)cnc23)cn1. The van der Waals surface area contributed by atoms with Crippen LogP contribution in [0.25, 0.3) is 22.2 Å². The normalized spacial score (nSPS) is 13.0. The Kier molecular flexibility index (Phi) is 5.77. The Morgan fingerprint density at radius 3 is 2.44 bits per heavy atom. The summed E-state index contributed by atoms with van der Waals surface area (Å²) in [5.41, 5.74) is 5.16. The van der Waals surface area contributed by atoms with E-state index in [-0.39, 0.29) is 11.8 Å². The second-order valence-electron chi connectivity index (χ2n) is 7.70. The smallest absolute Gasteiger partial charge is 0.316 e. The average Bonchev–Trinajstić information content (AvgIpc) is 3.17. The number of nitrogens with one attached hydrogen (secondary N) is 1. The zero-order valence-corrected chi connectivity index (χ0v) is 18.4. The second-order valence-corrected chi connectivity index (χ2v) is 7.70. The van der Waals surface area contributed by atoms with E-state index in [0.717, 1.165) is 27.9 Å². The molecule has 0 saturated carbocycles. The number of carbonyl (C=O) groups excluding carboxylic acids is 1. The number of nitrogens with zero attached hydrogens (tertiary/aromatic N) is 5. The van der Waals surface area contributed by atoms with Crippen molar-refractivity contribution in [2.45, 2.75) is 32.7 Å². The summed E-state index contributed by atoms with van der Waals surface area (Å²) in [6, 6.07) is 7.97. The number of pyridine rings is 2. The summed E-state index contributed by atoms with van der Waals surface area (Å²) in [5, 5.41) is 8.08. The molecule has 4 rings (SSSR count). The van der Waals surface area contributed by atoms with E-state index < -0.39 is 5.92 Å². The van der Waals surface area contributed by atoms with Crippen LogP contribution >= 0.6 is 0 Å². The third kappa shape index (κ3) is 3.87. The lowest BCUT2D eigenvalue weighted by atomic mass is 9.92.